The van der Waals surface area contributed by atoms with Crippen LogP contribution in [-0.4, -0.2) is 20.9 Å². The van der Waals surface area contributed by atoms with Crippen LogP contribution >= 0.6 is 20.7 Å². The molecule has 1 aromatic heterocycles. The van der Waals surface area contributed by atoms with Gasteiger partial charge in [0.05, 0.1) is 24.9 Å². The van der Waals surface area contributed by atoms with Crippen molar-refractivity contribution >= 4 is 36.5 Å². The first-order valence-corrected chi connectivity index (χ1v) is 6.94. The summed E-state index contributed by atoms with van der Waals surface area (Å²) in [6, 6.07) is 2.17. The van der Waals surface area contributed by atoms with E-state index < -0.39 is 0 Å². The molecule has 0 aromatic carbocycles. The van der Waals surface area contributed by atoms with E-state index in [0.29, 0.717) is 6.10 Å². The lowest BCUT2D eigenvalue weighted by atomic mass is 10.2. The van der Waals surface area contributed by atoms with Gasteiger partial charge in [0.15, 0.2) is 0 Å². The minimum Gasteiger partial charge on any atom is -0.371 e. The summed E-state index contributed by atoms with van der Waals surface area (Å²) < 4.78 is 13.1. The zero-order valence-electron chi connectivity index (χ0n) is 7.61. The Kier molecular flexibility index (Phi) is 2.16. The third-order valence-electron chi connectivity index (χ3n) is 2.40. The number of rotatable bonds is 2. The molecule has 0 saturated carbocycles. The van der Waals surface area contributed by atoms with Crippen LogP contribution in [0.5, 0.6) is 0 Å². The summed E-state index contributed by atoms with van der Waals surface area (Å²) in [5, 5.41) is 0. The van der Waals surface area contributed by atoms with Gasteiger partial charge in [-0.3, -0.25) is 0 Å². The molecule has 0 bridgehead atoms. The van der Waals surface area contributed by atoms with Crippen LogP contribution in [0, 0.1) is 0 Å². The van der Waals surface area contributed by atoms with Crippen molar-refractivity contribution in [2.24, 2.45) is 0 Å². The largest absolute Gasteiger partial charge is 0.371 e. The molecule has 14 heavy (non-hydrogen) atoms. The molecule has 2 nitrogen and oxygen atoms in total. The van der Waals surface area contributed by atoms with Crippen molar-refractivity contribution in [2.45, 2.75) is 12.6 Å². The lowest BCUT2D eigenvalue weighted by Gasteiger charge is -2.03. The summed E-state index contributed by atoms with van der Waals surface area (Å²) >= 11 is 0.0162. The fraction of sp³-hybridized carbons (Fsp3) is 0.273. The minimum atomic E-state index is 0.0162. The van der Waals surface area contributed by atoms with Gasteiger partial charge in [0.25, 0.3) is 0 Å². The van der Waals surface area contributed by atoms with Crippen molar-refractivity contribution in [1.82, 2.24) is 4.57 Å². The predicted molar refractivity (Wildman–Crippen MR) is 66.7 cm³/mol. The first-order chi connectivity index (χ1) is 6.93. The summed E-state index contributed by atoms with van der Waals surface area (Å²) in [4.78, 5) is 0. The molecule has 0 radical (unpaired) electrons. The van der Waals surface area contributed by atoms with E-state index in [1.807, 2.05) is 0 Å². The highest BCUT2D eigenvalue weighted by Gasteiger charge is 2.23. The highest BCUT2D eigenvalue weighted by atomic mass is 127. The molecule has 1 aromatic rings. The van der Waals surface area contributed by atoms with Gasteiger partial charge in [0, 0.05) is 17.8 Å². The minimum absolute atomic E-state index is 0.0162. The Bertz CT molecular complexity index is 448. The Labute approximate surface area is 92.6 Å². The first kappa shape index (κ1) is 8.65. The average molecular weight is 299 g/mol. The molecule has 0 spiro atoms. The molecule has 2 aliphatic rings. The highest BCUT2D eigenvalue weighted by Crippen LogP contribution is 2.21. The van der Waals surface area contributed by atoms with E-state index in [2.05, 4.69) is 36.7 Å². The summed E-state index contributed by atoms with van der Waals surface area (Å²) in [5.41, 5.74) is 2.60. The van der Waals surface area contributed by atoms with E-state index in [9.17, 15) is 0 Å². The van der Waals surface area contributed by atoms with Gasteiger partial charge in [-0.1, -0.05) is 3.67 Å². The summed E-state index contributed by atoms with van der Waals surface area (Å²) in [6.45, 7) is 1.91. The zero-order valence-corrected chi connectivity index (χ0v) is 9.77. The molecule has 1 fully saturated rings. The maximum absolute atomic E-state index is 5.24. The zero-order chi connectivity index (χ0) is 9.38. The van der Waals surface area contributed by atoms with Crippen LogP contribution in [0.2, 0.25) is 0 Å². The second-order valence-electron chi connectivity index (χ2n) is 3.42. The van der Waals surface area contributed by atoms with Crippen LogP contribution in [0.25, 0.3) is 12.2 Å². The maximum atomic E-state index is 5.24. The van der Waals surface area contributed by atoms with Crippen LogP contribution in [0.4, 0.5) is 0 Å². The molecule has 72 valence electrons. The smallest absolute Gasteiger partial charge is 0.0988 e. The Hall–Kier alpha value is -0.640. The Morgan fingerprint density at radius 1 is 1.64 bits per heavy atom. The van der Waals surface area contributed by atoms with Gasteiger partial charge in [-0.25, -0.2) is 0 Å². The highest BCUT2D eigenvalue weighted by molar-refractivity contribution is 14.2. The molecule has 1 saturated heterocycles. The number of hydrogen-bond donors (Lipinski definition) is 0. The quantitative estimate of drug-likeness (QED) is 0.605. The lowest BCUT2D eigenvalue weighted by Crippen LogP contribution is -2.04. The molecule has 0 N–H and O–H groups in total. The average Bonchev–Trinajstić information content (AvgIpc) is 2.94. The van der Waals surface area contributed by atoms with Crippen LogP contribution in [0.3, 0.4) is 0 Å². The lowest BCUT2D eigenvalue weighted by molar-refractivity contribution is 0.382. The van der Waals surface area contributed by atoms with Crippen LogP contribution in [-0.2, 0) is 11.3 Å². The monoisotopic (exact) mass is 299 g/mol. The second kappa shape index (κ2) is 3.50. The normalized spacial score (nSPS) is 22.7. The van der Waals surface area contributed by atoms with Crippen LogP contribution in [0.1, 0.15) is 11.3 Å². The third kappa shape index (κ3) is 1.63. The van der Waals surface area contributed by atoms with E-state index in [1.54, 1.807) is 0 Å². The fourth-order valence-corrected chi connectivity index (χ4v) is 2.83. The fourth-order valence-electron chi connectivity index (χ4n) is 1.58. The first-order valence-electron chi connectivity index (χ1n) is 4.62. The van der Waals surface area contributed by atoms with Gasteiger partial charge in [-0.15, -0.1) is 0 Å². The summed E-state index contributed by atoms with van der Waals surface area (Å²) in [5.74, 6) is 0. The number of epoxide rings is 1. The molecule has 3 rings (SSSR count). The Balaban J connectivity index is 2.01. The van der Waals surface area contributed by atoms with Crippen molar-refractivity contribution in [3.05, 3.63) is 27.6 Å². The standard InChI is InChI=1S/C11H10INO/c1-4-12-5-2-11-9(1)3-6-13(11)7-10-8-14-10/h1-4,6,10H,7-8H2. The van der Waals surface area contributed by atoms with Gasteiger partial charge in [0.1, 0.15) is 0 Å². The van der Waals surface area contributed by atoms with Gasteiger partial charge < -0.3 is 9.30 Å². The number of hydrogen-bond acceptors (Lipinski definition) is 1. The summed E-state index contributed by atoms with van der Waals surface area (Å²) in [7, 11) is 0. The predicted octanol–water partition coefficient (Wildman–Crippen LogP) is 2.26. The topological polar surface area (TPSA) is 17.5 Å². The second-order valence-corrected chi connectivity index (χ2v) is 5.38. The number of halogens is 1. The number of nitrogens with zero attached hydrogens (tertiary/aromatic N) is 1. The van der Waals surface area contributed by atoms with Crippen LogP contribution in [0.15, 0.2) is 16.3 Å². The molecule has 3 heterocycles. The molecule has 0 aliphatic carbocycles. The molecule has 1 unspecified atom stereocenters. The van der Waals surface area contributed by atoms with Crippen molar-refractivity contribution in [1.29, 1.82) is 0 Å². The third-order valence-corrected chi connectivity index (χ3v) is 3.79. The molecular weight excluding hydrogens is 289 g/mol. The Morgan fingerprint density at radius 2 is 2.57 bits per heavy atom. The van der Waals surface area contributed by atoms with Gasteiger partial charge in [-0.05, 0) is 37.0 Å². The number of fused-ring (bicyclic) bond motifs is 1. The van der Waals surface area contributed by atoms with E-state index in [4.69, 9.17) is 4.74 Å². The molecule has 0 amide bonds. The van der Waals surface area contributed by atoms with Gasteiger partial charge >= 0.3 is 0 Å². The molecule has 1 atom stereocenters. The van der Waals surface area contributed by atoms with Gasteiger partial charge in [0.2, 0.25) is 0 Å². The maximum Gasteiger partial charge on any atom is 0.0988 e. The van der Waals surface area contributed by atoms with E-state index in [1.165, 1.54) is 11.3 Å². The van der Waals surface area contributed by atoms with Crippen molar-refractivity contribution in [2.75, 3.05) is 6.61 Å². The van der Waals surface area contributed by atoms with E-state index in [0.717, 1.165) is 13.2 Å². The van der Waals surface area contributed by atoms with Gasteiger partial charge in [-0.2, -0.15) is 0 Å². The van der Waals surface area contributed by atoms with Crippen molar-refractivity contribution in [3.63, 3.8) is 0 Å². The number of aromatic nitrogens is 1. The van der Waals surface area contributed by atoms with E-state index >= 15 is 0 Å². The van der Waals surface area contributed by atoms with Crippen molar-refractivity contribution in [3.8, 4) is 0 Å². The van der Waals surface area contributed by atoms with E-state index in [-0.39, 0.29) is 20.7 Å². The SMILES string of the molecule is C1=Cc2c(ccn2CC2CO2)C=CI=1. The molecule has 2 aliphatic heterocycles. The Morgan fingerprint density at radius 3 is 3.43 bits per heavy atom. The molecular formula is C11H10INO. The van der Waals surface area contributed by atoms with Crippen LogP contribution < -0.4 is 0 Å². The summed E-state index contributed by atoms with van der Waals surface area (Å²) in [6.07, 6.45) is 6.93. The molecule has 3 heteroatoms. The number of ether oxygens (including phenoxy) is 1. The van der Waals surface area contributed by atoms with Crippen molar-refractivity contribution < 1.29 is 4.74 Å².